The van der Waals surface area contributed by atoms with E-state index in [9.17, 15) is 0 Å². The van der Waals surface area contributed by atoms with Crippen LogP contribution in [0.5, 0.6) is 5.75 Å². The van der Waals surface area contributed by atoms with Gasteiger partial charge in [0.05, 0.1) is 12.7 Å². The lowest BCUT2D eigenvalue weighted by Crippen LogP contribution is -2.43. The Morgan fingerprint density at radius 2 is 2.33 bits per heavy atom. The van der Waals surface area contributed by atoms with Crippen molar-refractivity contribution in [3.8, 4) is 5.75 Å². The fraction of sp³-hybridized carbons (Fsp3) is 0.571. The number of hydrogen-bond donors (Lipinski definition) is 2. The Hall–Kier alpha value is -1.10. The van der Waals surface area contributed by atoms with Gasteiger partial charge in [-0.3, -0.25) is 11.3 Å². The molecule has 0 spiro atoms. The summed E-state index contributed by atoms with van der Waals surface area (Å²) in [7, 11) is 1.71. The molecule has 100 valence electrons. The van der Waals surface area contributed by atoms with Gasteiger partial charge in [-0.25, -0.2) is 0 Å². The first-order chi connectivity index (χ1) is 8.74. The van der Waals surface area contributed by atoms with E-state index in [4.69, 9.17) is 15.3 Å². The van der Waals surface area contributed by atoms with E-state index in [0.717, 1.165) is 31.6 Å². The predicted octanol–water partition coefficient (Wildman–Crippen LogP) is 1.42. The zero-order chi connectivity index (χ0) is 13.0. The Kier molecular flexibility index (Phi) is 4.58. The second-order valence-corrected chi connectivity index (χ2v) is 4.79. The van der Waals surface area contributed by atoms with Gasteiger partial charge in [0, 0.05) is 19.6 Å². The fourth-order valence-corrected chi connectivity index (χ4v) is 2.34. The van der Waals surface area contributed by atoms with Gasteiger partial charge in [0.1, 0.15) is 5.75 Å². The quantitative estimate of drug-likeness (QED) is 0.592. The third-order valence-electron chi connectivity index (χ3n) is 3.65. The van der Waals surface area contributed by atoms with Crippen LogP contribution in [0.4, 0.5) is 0 Å². The molecule has 18 heavy (non-hydrogen) atoms. The second-order valence-electron chi connectivity index (χ2n) is 4.79. The standard InChI is InChI=1S/C14H22N2O2/c1-10(17-2)13(16-15)5-3-11-4-6-14-12(9-11)7-8-18-14/h4,6,9-10,13,16H,3,5,7-8,15H2,1-2H3. The first-order valence-corrected chi connectivity index (χ1v) is 6.48. The molecule has 1 aromatic rings. The normalized spacial score (nSPS) is 17.1. The zero-order valence-electron chi connectivity index (χ0n) is 11.1. The molecular weight excluding hydrogens is 228 g/mol. The van der Waals surface area contributed by atoms with Gasteiger partial charge in [-0.15, -0.1) is 0 Å². The maximum Gasteiger partial charge on any atom is 0.122 e. The summed E-state index contributed by atoms with van der Waals surface area (Å²) in [6, 6.07) is 6.63. The summed E-state index contributed by atoms with van der Waals surface area (Å²) in [6.07, 6.45) is 3.10. The van der Waals surface area contributed by atoms with Crippen molar-refractivity contribution in [1.29, 1.82) is 0 Å². The topological polar surface area (TPSA) is 56.5 Å². The van der Waals surface area contributed by atoms with E-state index in [2.05, 4.69) is 23.6 Å². The van der Waals surface area contributed by atoms with E-state index in [-0.39, 0.29) is 12.1 Å². The first kappa shape index (κ1) is 13.3. The van der Waals surface area contributed by atoms with E-state index in [1.54, 1.807) is 7.11 Å². The van der Waals surface area contributed by atoms with Gasteiger partial charge in [-0.1, -0.05) is 12.1 Å². The number of hydrogen-bond acceptors (Lipinski definition) is 4. The van der Waals surface area contributed by atoms with Gasteiger partial charge in [0.2, 0.25) is 0 Å². The zero-order valence-corrected chi connectivity index (χ0v) is 11.1. The third-order valence-corrected chi connectivity index (χ3v) is 3.65. The molecular formula is C14H22N2O2. The van der Waals surface area contributed by atoms with Crippen molar-refractivity contribution in [1.82, 2.24) is 5.43 Å². The van der Waals surface area contributed by atoms with Gasteiger partial charge in [0.15, 0.2) is 0 Å². The summed E-state index contributed by atoms with van der Waals surface area (Å²) >= 11 is 0. The van der Waals surface area contributed by atoms with Crippen molar-refractivity contribution in [2.75, 3.05) is 13.7 Å². The van der Waals surface area contributed by atoms with Crippen LogP contribution in [0.3, 0.4) is 0 Å². The van der Waals surface area contributed by atoms with Crippen LogP contribution >= 0.6 is 0 Å². The molecule has 3 N–H and O–H groups in total. The summed E-state index contributed by atoms with van der Waals surface area (Å²) in [6.45, 7) is 2.84. The number of aryl methyl sites for hydroxylation is 1. The van der Waals surface area contributed by atoms with Crippen LogP contribution in [-0.2, 0) is 17.6 Å². The molecule has 4 nitrogen and oxygen atoms in total. The number of rotatable bonds is 6. The van der Waals surface area contributed by atoms with Crippen LogP contribution in [0.2, 0.25) is 0 Å². The van der Waals surface area contributed by atoms with Gasteiger partial charge in [-0.05, 0) is 37.0 Å². The molecule has 2 unspecified atom stereocenters. The summed E-state index contributed by atoms with van der Waals surface area (Å²) in [4.78, 5) is 0. The molecule has 1 heterocycles. The van der Waals surface area contributed by atoms with Crippen molar-refractivity contribution in [3.05, 3.63) is 29.3 Å². The SMILES string of the molecule is COC(C)C(CCc1ccc2c(c1)CCO2)NN. The molecule has 1 aliphatic heterocycles. The fourth-order valence-electron chi connectivity index (χ4n) is 2.34. The predicted molar refractivity (Wildman–Crippen MR) is 71.5 cm³/mol. The minimum atomic E-state index is 0.118. The van der Waals surface area contributed by atoms with Crippen LogP contribution in [-0.4, -0.2) is 25.9 Å². The molecule has 2 rings (SSSR count). The average molecular weight is 250 g/mol. The molecule has 0 saturated heterocycles. The van der Waals surface area contributed by atoms with Crippen molar-refractivity contribution in [3.63, 3.8) is 0 Å². The average Bonchev–Trinajstić information content (AvgIpc) is 2.86. The minimum absolute atomic E-state index is 0.118. The first-order valence-electron chi connectivity index (χ1n) is 6.48. The molecule has 0 radical (unpaired) electrons. The monoisotopic (exact) mass is 250 g/mol. The molecule has 0 aromatic heterocycles. The van der Waals surface area contributed by atoms with Gasteiger partial charge in [0.25, 0.3) is 0 Å². The maximum atomic E-state index is 5.55. The van der Waals surface area contributed by atoms with E-state index in [0.29, 0.717) is 0 Å². The second kappa shape index (κ2) is 6.18. The Balaban J connectivity index is 1.93. The smallest absolute Gasteiger partial charge is 0.122 e. The molecule has 0 amide bonds. The Labute approximate surface area is 108 Å². The molecule has 2 atom stereocenters. The lowest BCUT2D eigenvalue weighted by atomic mass is 10.00. The van der Waals surface area contributed by atoms with Crippen LogP contribution in [0.1, 0.15) is 24.5 Å². The van der Waals surface area contributed by atoms with Gasteiger partial charge >= 0.3 is 0 Å². The molecule has 1 aliphatic rings. The van der Waals surface area contributed by atoms with Crippen molar-refractivity contribution in [2.24, 2.45) is 5.84 Å². The van der Waals surface area contributed by atoms with E-state index < -0.39 is 0 Å². The number of benzene rings is 1. The van der Waals surface area contributed by atoms with E-state index in [1.165, 1.54) is 11.1 Å². The Bertz CT molecular complexity index is 395. The van der Waals surface area contributed by atoms with Crippen LogP contribution in [0.15, 0.2) is 18.2 Å². The molecule has 0 saturated carbocycles. The highest BCUT2D eigenvalue weighted by Crippen LogP contribution is 2.26. The number of methoxy groups -OCH3 is 1. The summed E-state index contributed by atoms with van der Waals surface area (Å²) < 4.78 is 10.8. The van der Waals surface area contributed by atoms with Crippen molar-refractivity contribution in [2.45, 2.75) is 38.3 Å². The third kappa shape index (κ3) is 3.02. The molecule has 4 heteroatoms. The van der Waals surface area contributed by atoms with Gasteiger partial charge in [-0.2, -0.15) is 0 Å². The number of nitrogens with two attached hydrogens (primary N) is 1. The minimum Gasteiger partial charge on any atom is -0.493 e. The number of ether oxygens (including phenoxy) is 2. The Morgan fingerprint density at radius 3 is 3.06 bits per heavy atom. The van der Waals surface area contributed by atoms with E-state index in [1.807, 2.05) is 6.92 Å². The highest BCUT2D eigenvalue weighted by Gasteiger charge is 2.16. The molecule has 1 aromatic carbocycles. The Morgan fingerprint density at radius 1 is 1.50 bits per heavy atom. The number of hydrazine groups is 1. The van der Waals surface area contributed by atoms with E-state index >= 15 is 0 Å². The summed E-state index contributed by atoms with van der Waals surface area (Å²) in [5, 5.41) is 0. The van der Waals surface area contributed by atoms with Gasteiger partial charge < -0.3 is 9.47 Å². The lowest BCUT2D eigenvalue weighted by Gasteiger charge is -2.21. The van der Waals surface area contributed by atoms with Crippen LogP contribution < -0.4 is 16.0 Å². The van der Waals surface area contributed by atoms with Crippen molar-refractivity contribution >= 4 is 0 Å². The molecule has 0 fully saturated rings. The lowest BCUT2D eigenvalue weighted by molar-refractivity contribution is 0.0802. The van der Waals surface area contributed by atoms with Crippen LogP contribution in [0, 0.1) is 0 Å². The summed E-state index contributed by atoms with van der Waals surface area (Å²) in [5.74, 6) is 6.59. The van der Waals surface area contributed by atoms with Crippen molar-refractivity contribution < 1.29 is 9.47 Å². The largest absolute Gasteiger partial charge is 0.493 e. The molecule has 0 aliphatic carbocycles. The number of nitrogens with one attached hydrogen (secondary N) is 1. The maximum absolute atomic E-state index is 5.55. The molecule has 0 bridgehead atoms. The summed E-state index contributed by atoms with van der Waals surface area (Å²) in [5.41, 5.74) is 5.49. The number of fused-ring (bicyclic) bond motifs is 1. The highest BCUT2D eigenvalue weighted by molar-refractivity contribution is 5.39. The highest BCUT2D eigenvalue weighted by atomic mass is 16.5. The van der Waals surface area contributed by atoms with Crippen LogP contribution in [0.25, 0.3) is 0 Å².